The summed E-state index contributed by atoms with van der Waals surface area (Å²) < 4.78 is 42.7. The zero-order chi connectivity index (χ0) is 31.5. The molecule has 1 amide bonds. The number of aromatic nitrogens is 2. The Morgan fingerprint density at radius 3 is 2.32 bits per heavy atom. The number of carboxylic acid groups (broad SMARTS) is 1. The van der Waals surface area contributed by atoms with Gasteiger partial charge in [-0.3, -0.25) is 14.8 Å². The average molecular weight is 603 g/mol. The van der Waals surface area contributed by atoms with E-state index in [1.54, 1.807) is 42.6 Å². The minimum atomic E-state index is -5.08. The maximum absolute atomic E-state index is 13.6. The average Bonchev–Trinajstić information content (AvgIpc) is 3.40. The fraction of sp³-hybridized carbons (Fsp3) is 0.129. The van der Waals surface area contributed by atoms with Crippen molar-refractivity contribution in [3.05, 3.63) is 118 Å². The molecular weight excluding hydrogens is 581 g/mol. The van der Waals surface area contributed by atoms with Gasteiger partial charge < -0.3 is 19.6 Å². The van der Waals surface area contributed by atoms with E-state index in [0.29, 0.717) is 46.7 Å². The van der Waals surface area contributed by atoms with E-state index in [1.165, 1.54) is 0 Å². The van der Waals surface area contributed by atoms with E-state index in [-0.39, 0.29) is 5.91 Å². The number of H-pyrrole nitrogens is 1. The summed E-state index contributed by atoms with van der Waals surface area (Å²) in [5.74, 6) is -3.04. The predicted molar refractivity (Wildman–Crippen MR) is 150 cm³/mol. The maximum atomic E-state index is 13.6. The number of oxazole rings is 1. The van der Waals surface area contributed by atoms with Gasteiger partial charge >= 0.3 is 17.9 Å². The predicted octanol–water partition coefficient (Wildman–Crippen LogP) is 5.14. The van der Waals surface area contributed by atoms with E-state index < -0.39 is 23.4 Å². The lowest BCUT2D eigenvalue weighted by Gasteiger charge is -2.39. The first-order valence-corrected chi connectivity index (χ1v) is 12.9. The van der Waals surface area contributed by atoms with Gasteiger partial charge in [0.05, 0.1) is 23.8 Å². The number of rotatable bonds is 4. The first-order valence-electron chi connectivity index (χ1n) is 12.9. The van der Waals surface area contributed by atoms with Crippen LogP contribution in [0.3, 0.4) is 0 Å². The monoisotopic (exact) mass is 602 g/mol. The van der Waals surface area contributed by atoms with Gasteiger partial charge in [-0.15, -0.1) is 0 Å². The van der Waals surface area contributed by atoms with Crippen LogP contribution in [-0.2, 0) is 10.3 Å². The fourth-order valence-electron chi connectivity index (χ4n) is 4.78. The molecule has 0 saturated carbocycles. The van der Waals surface area contributed by atoms with Gasteiger partial charge in [0, 0.05) is 18.2 Å². The molecule has 13 heteroatoms. The molecule has 3 aromatic carbocycles. The van der Waals surface area contributed by atoms with Gasteiger partial charge in [-0.05, 0) is 59.2 Å². The molecule has 5 aromatic rings. The van der Waals surface area contributed by atoms with E-state index in [9.17, 15) is 22.8 Å². The molecule has 0 spiro atoms. The van der Waals surface area contributed by atoms with Crippen LogP contribution in [-0.4, -0.2) is 39.7 Å². The summed E-state index contributed by atoms with van der Waals surface area (Å²) in [6.07, 6.45) is -2.93. The van der Waals surface area contributed by atoms with E-state index in [4.69, 9.17) is 24.3 Å². The van der Waals surface area contributed by atoms with Crippen molar-refractivity contribution < 1.29 is 37.0 Å². The summed E-state index contributed by atoms with van der Waals surface area (Å²) in [4.78, 5) is 41.2. The molecule has 1 aliphatic rings. The number of alkyl halides is 3. The highest BCUT2D eigenvalue weighted by Crippen LogP contribution is 2.41. The molecule has 222 valence electrons. The van der Waals surface area contributed by atoms with Crippen LogP contribution >= 0.6 is 0 Å². The van der Waals surface area contributed by atoms with Gasteiger partial charge in [-0.25, -0.2) is 9.59 Å². The highest BCUT2D eigenvalue weighted by Gasteiger charge is 2.42. The Kier molecular flexibility index (Phi) is 7.91. The summed E-state index contributed by atoms with van der Waals surface area (Å²) in [5.41, 5.74) is 4.32. The number of carboxylic acids is 1. The molecule has 2 aromatic heterocycles. The molecular formula is C31H21F3N4O6. The number of nitrogens with zero attached hydrogens (tertiary/aromatic N) is 2. The Labute approximate surface area is 246 Å². The molecule has 1 atom stereocenters. The van der Waals surface area contributed by atoms with Gasteiger partial charge in [0.25, 0.3) is 5.91 Å². The number of carbonyl (C=O) groups is 2. The number of benzene rings is 3. The maximum Gasteiger partial charge on any atom is 0.490 e. The number of hydrogen-bond acceptors (Lipinski definition) is 7. The van der Waals surface area contributed by atoms with Crippen molar-refractivity contribution >= 4 is 23.0 Å². The highest BCUT2D eigenvalue weighted by molar-refractivity contribution is 5.98. The van der Waals surface area contributed by atoms with E-state index >= 15 is 0 Å². The second-order valence-corrected chi connectivity index (χ2v) is 9.60. The van der Waals surface area contributed by atoms with Gasteiger partial charge in [-0.1, -0.05) is 36.4 Å². The minimum absolute atomic E-state index is 0.321. The summed E-state index contributed by atoms with van der Waals surface area (Å²) >= 11 is 0. The number of fused-ring (bicyclic) bond motifs is 2. The molecule has 0 bridgehead atoms. The highest BCUT2D eigenvalue weighted by atomic mass is 19.4. The van der Waals surface area contributed by atoms with Gasteiger partial charge in [-0.2, -0.15) is 18.4 Å². The first kappa shape index (κ1) is 29.6. The number of hydrogen-bond donors (Lipinski definition) is 3. The zero-order valence-corrected chi connectivity index (χ0v) is 22.5. The molecule has 3 heterocycles. The van der Waals surface area contributed by atoms with Crippen molar-refractivity contribution in [2.45, 2.75) is 18.1 Å². The molecule has 6 rings (SSSR count). The third-order valence-corrected chi connectivity index (χ3v) is 6.89. The number of nitriles is 1. The lowest BCUT2D eigenvalue weighted by molar-refractivity contribution is -0.192. The summed E-state index contributed by atoms with van der Waals surface area (Å²) in [7, 11) is 0. The zero-order valence-electron chi connectivity index (χ0n) is 22.5. The summed E-state index contributed by atoms with van der Waals surface area (Å²) in [6.45, 7) is 0.393. The van der Waals surface area contributed by atoms with Crippen LogP contribution in [0.25, 0.3) is 22.2 Å². The number of ether oxygens (including phenoxy) is 1. The van der Waals surface area contributed by atoms with Crippen LogP contribution in [0.15, 0.2) is 94.3 Å². The lowest BCUT2D eigenvalue weighted by Crippen LogP contribution is -2.50. The Bertz CT molecular complexity index is 1940. The van der Waals surface area contributed by atoms with Crippen LogP contribution in [0.1, 0.15) is 33.6 Å². The van der Waals surface area contributed by atoms with E-state index in [1.807, 2.05) is 42.5 Å². The fourth-order valence-corrected chi connectivity index (χ4v) is 4.78. The van der Waals surface area contributed by atoms with Crippen molar-refractivity contribution in [3.8, 4) is 22.9 Å². The van der Waals surface area contributed by atoms with Crippen LogP contribution in [0.4, 0.5) is 13.2 Å². The largest absolute Gasteiger partial charge is 0.491 e. The van der Waals surface area contributed by atoms with Crippen LogP contribution in [0.2, 0.25) is 0 Å². The number of halogens is 3. The van der Waals surface area contributed by atoms with Crippen LogP contribution in [0.5, 0.6) is 5.75 Å². The molecule has 0 fully saturated rings. The van der Waals surface area contributed by atoms with Gasteiger partial charge in [0.1, 0.15) is 17.0 Å². The van der Waals surface area contributed by atoms with Gasteiger partial charge in [0.15, 0.2) is 5.58 Å². The van der Waals surface area contributed by atoms with E-state index in [0.717, 1.165) is 16.7 Å². The molecule has 0 unspecified atom stereocenters. The quantitative estimate of drug-likeness (QED) is 0.255. The van der Waals surface area contributed by atoms with Crippen molar-refractivity contribution in [1.29, 1.82) is 5.26 Å². The number of pyridine rings is 1. The molecule has 0 aliphatic carbocycles. The lowest BCUT2D eigenvalue weighted by atomic mass is 9.80. The van der Waals surface area contributed by atoms with Crippen molar-refractivity contribution in [2.24, 2.45) is 0 Å². The topological polar surface area (TPSA) is 158 Å². The Hall–Kier alpha value is -5.90. The Balaban J connectivity index is 0.000000493. The number of aromatic amines is 1. The number of nitrogens with one attached hydrogen (secondary N) is 2. The normalized spacial score (nSPS) is 15.6. The number of amides is 1. The third-order valence-electron chi connectivity index (χ3n) is 6.89. The molecule has 1 aliphatic heterocycles. The molecule has 10 nitrogen and oxygen atoms in total. The van der Waals surface area contributed by atoms with Crippen LogP contribution in [0, 0.1) is 11.3 Å². The van der Waals surface area contributed by atoms with Gasteiger partial charge in [0.2, 0.25) is 0 Å². The molecule has 0 saturated heterocycles. The SMILES string of the molecule is N#Cc1ccc(-c2ccc([C@@]3(NC(=O)c4ccc5oc(=O)[nH]c5c4)CCOc4cccnc43)cc2)cc1.O=C(O)C(F)(F)F. The van der Waals surface area contributed by atoms with E-state index in [2.05, 4.69) is 21.4 Å². The number of aliphatic carboxylic acids is 1. The smallest absolute Gasteiger partial charge is 0.490 e. The Morgan fingerprint density at radius 1 is 1.02 bits per heavy atom. The first-order chi connectivity index (χ1) is 21.0. The minimum Gasteiger partial charge on any atom is -0.491 e. The standard InChI is InChI=1S/C29H20N4O4.C2HF3O2/c30-17-18-3-5-19(6-4-18)20-7-10-22(11-8-20)29(13-15-36-25-2-1-14-31-26(25)29)33-27(34)21-9-12-24-23(16-21)32-28(35)37-24;3-2(4,5)1(6)7/h1-12,14,16H,13,15H2,(H,32,35)(H,33,34);(H,6,7)/t29-;/m0./s1. The second-order valence-electron chi connectivity index (χ2n) is 9.60. The third kappa shape index (κ3) is 6.00. The van der Waals surface area contributed by atoms with Crippen LogP contribution < -0.4 is 15.8 Å². The molecule has 3 N–H and O–H groups in total. The van der Waals surface area contributed by atoms with Crippen molar-refractivity contribution in [2.75, 3.05) is 6.61 Å². The number of carbonyl (C=O) groups excluding carboxylic acids is 1. The van der Waals surface area contributed by atoms with Crippen molar-refractivity contribution in [3.63, 3.8) is 0 Å². The second kappa shape index (κ2) is 11.8. The summed E-state index contributed by atoms with van der Waals surface area (Å²) in [5, 5.41) is 19.4. The van der Waals surface area contributed by atoms with Crippen molar-refractivity contribution in [1.82, 2.24) is 15.3 Å². The Morgan fingerprint density at radius 2 is 1.68 bits per heavy atom. The summed E-state index contributed by atoms with van der Waals surface area (Å²) in [6, 6.07) is 25.9. The molecule has 44 heavy (non-hydrogen) atoms. The molecule has 0 radical (unpaired) electrons.